The van der Waals surface area contributed by atoms with Gasteiger partial charge >= 0.3 is 0 Å². The molecule has 0 aliphatic carbocycles. The lowest BCUT2D eigenvalue weighted by molar-refractivity contribution is 0.0115. The van der Waals surface area contributed by atoms with E-state index in [9.17, 15) is 0 Å². The molecule has 0 spiro atoms. The summed E-state index contributed by atoms with van der Waals surface area (Å²) in [5.41, 5.74) is 4.84. The Bertz CT molecular complexity index is 1410. The lowest BCUT2D eigenvalue weighted by atomic mass is 10.0. The van der Waals surface area contributed by atoms with Crippen molar-refractivity contribution in [1.82, 2.24) is 19.5 Å². The third kappa shape index (κ3) is 5.37. The zero-order valence-electron chi connectivity index (χ0n) is 22.7. The van der Waals surface area contributed by atoms with Crippen molar-refractivity contribution in [2.75, 3.05) is 63.3 Å². The summed E-state index contributed by atoms with van der Waals surface area (Å²) < 4.78 is 19.1. The number of rotatable bonds is 8. The van der Waals surface area contributed by atoms with Gasteiger partial charge in [-0.25, -0.2) is 9.50 Å². The van der Waals surface area contributed by atoms with Crippen LogP contribution in [0.15, 0.2) is 60.8 Å². The molecule has 0 unspecified atom stereocenters. The number of fused-ring (bicyclic) bond motifs is 1. The zero-order valence-corrected chi connectivity index (χ0v) is 22.7. The van der Waals surface area contributed by atoms with Crippen LogP contribution in [0.5, 0.6) is 11.5 Å². The van der Waals surface area contributed by atoms with E-state index >= 15 is 0 Å². The van der Waals surface area contributed by atoms with Gasteiger partial charge in [0.2, 0.25) is 5.95 Å². The molecule has 204 valence electrons. The largest absolute Gasteiger partial charge is 0.494 e. The number of hydrogen-bond donors (Lipinski definition) is 1. The molecule has 0 bridgehead atoms. The minimum Gasteiger partial charge on any atom is -0.494 e. The molecule has 2 aromatic carbocycles. The van der Waals surface area contributed by atoms with Crippen molar-refractivity contribution in [3.8, 4) is 22.8 Å². The molecule has 0 saturated carbocycles. The lowest BCUT2D eigenvalue weighted by Gasteiger charge is -2.40. The summed E-state index contributed by atoms with van der Waals surface area (Å²) >= 11 is 0. The topological polar surface area (TPSA) is 76.4 Å². The van der Waals surface area contributed by atoms with E-state index in [-0.39, 0.29) is 0 Å². The van der Waals surface area contributed by atoms with E-state index in [2.05, 4.69) is 38.3 Å². The first-order chi connectivity index (χ1) is 19.2. The lowest BCUT2D eigenvalue weighted by Crippen LogP contribution is -2.49. The first kappa shape index (κ1) is 25.5. The second-order valence-corrected chi connectivity index (χ2v) is 9.94. The molecule has 2 aliphatic heterocycles. The predicted molar refractivity (Wildman–Crippen MR) is 153 cm³/mol. The summed E-state index contributed by atoms with van der Waals surface area (Å²) in [4.78, 5) is 9.60. The molecule has 9 nitrogen and oxygen atoms in total. The number of anilines is 3. The fraction of sp³-hybridized carbons (Fsp3) is 0.400. The van der Waals surface area contributed by atoms with Crippen molar-refractivity contribution in [1.29, 1.82) is 0 Å². The molecular weight excluding hydrogens is 492 g/mol. The Kier molecular flexibility index (Phi) is 7.51. The van der Waals surface area contributed by atoms with Crippen molar-refractivity contribution in [3.63, 3.8) is 0 Å². The van der Waals surface area contributed by atoms with Crippen LogP contribution in [-0.4, -0.2) is 78.6 Å². The maximum absolute atomic E-state index is 5.86. The van der Waals surface area contributed by atoms with Gasteiger partial charge in [-0.2, -0.15) is 0 Å². The molecule has 9 heteroatoms. The Labute approximate surface area is 229 Å². The zero-order chi connectivity index (χ0) is 26.6. The first-order valence-corrected chi connectivity index (χ1v) is 13.8. The van der Waals surface area contributed by atoms with Crippen LogP contribution in [0, 0.1) is 0 Å². The minimum absolute atomic E-state index is 0.492. The third-order valence-electron chi connectivity index (χ3n) is 7.68. The first-order valence-electron chi connectivity index (χ1n) is 13.8. The molecule has 0 atom stereocenters. The van der Waals surface area contributed by atoms with Crippen LogP contribution in [-0.2, 0) is 4.74 Å². The van der Waals surface area contributed by atoms with E-state index in [0.29, 0.717) is 18.6 Å². The number of methoxy groups -OCH3 is 1. The number of nitrogens with zero attached hydrogens (tertiary/aromatic N) is 5. The summed E-state index contributed by atoms with van der Waals surface area (Å²) in [7, 11) is 1.70. The summed E-state index contributed by atoms with van der Waals surface area (Å²) in [5, 5.41) is 8.18. The van der Waals surface area contributed by atoms with Crippen LogP contribution < -0.4 is 19.7 Å². The molecule has 4 heterocycles. The average molecular weight is 529 g/mol. The highest BCUT2D eigenvalue weighted by molar-refractivity contribution is 5.73. The van der Waals surface area contributed by atoms with Crippen LogP contribution in [0.2, 0.25) is 0 Å². The van der Waals surface area contributed by atoms with Gasteiger partial charge in [-0.1, -0.05) is 12.1 Å². The predicted octanol–water partition coefficient (Wildman–Crippen LogP) is 4.85. The Morgan fingerprint density at radius 3 is 2.59 bits per heavy atom. The minimum atomic E-state index is 0.492. The van der Waals surface area contributed by atoms with Crippen molar-refractivity contribution < 1.29 is 14.2 Å². The van der Waals surface area contributed by atoms with Crippen molar-refractivity contribution in [3.05, 3.63) is 60.8 Å². The smallest absolute Gasteiger partial charge is 0.245 e. The van der Waals surface area contributed by atoms with Gasteiger partial charge in [0.25, 0.3) is 0 Å². The highest BCUT2D eigenvalue weighted by atomic mass is 16.5. The van der Waals surface area contributed by atoms with Crippen molar-refractivity contribution >= 4 is 22.8 Å². The van der Waals surface area contributed by atoms with E-state index in [1.165, 1.54) is 18.5 Å². The van der Waals surface area contributed by atoms with Gasteiger partial charge in [-0.15, -0.1) is 5.10 Å². The number of para-hydroxylation sites is 1. The second kappa shape index (κ2) is 11.5. The molecular formula is C30H36N6O3. The van der Waals surface area contributed by atoms with Gasteiger partial charge in [0, 0.05) is 49.5 Å². The third-order valence-corrected chi connectivity index (χ3v) is 7.68. The molecule has 4 aromatic rings. The monoisotopic (exact) mass is 528 g/mol. The highest BCUT2D eigenvalue weighted by Gasteiger charge is 2.26. The Morgan fingerprint density at radius 2 is 1.79 bits per heavy atom. The molecule has 2 saturated heterocycles. The van der Waals surface area contributed by atoms with Crippen LogP contribution in [0.25, 0.3) is 16.8 Å². The van der Waals surface area contributed by atoms with Crippen LogP contribution in [0.4, 0.5) is 17.3 Å². The summed E-state index contributed by atoms with van der Waals surface area (Å²) in [6, 6.07) is 19.0. The number of benzene rings is 2. The molecule has 39 heavy (non-hydrogen) atoms. The number of hydrogen-bond acceptors (Lipinski definition) is 8. The van der Waals surface area contributed by atoms with Crippen molar-refractivity contribution in [2.24, 2.45) is 0 Å². The summed E-state index contributed by atoms with van der Waals surface area (Å²) in [6.45, 7) is 8.48. The standard InChI is InChI=1S/C30H36N6O3/c1-3-39-28-7-5-4-6-25(28)27-11-9-24-21-31-30(33-36(24)27)32-26-10-8-23(20-29(26)37-2)34-14-12-22(13-15-34)35-16-18-38-19-17-35/h4-11,20-22H,3,12-19H2,1-2H3,(H,32,33). The van der Waals surface area contributed by atoms with Crippen molar-refractivity contribution in [2.45, 2.75) is 25.8 Å². The molecule has 2 aromatic heterocycles. The molecule has 2 fully saturated rings. The maximum atomic E-state index is 5.86. The van der Waals surface area contributed by atoms with Gasteiger partial charge in [0.05, 0.1) is 50.0 Å². The van der Waals surface area contributed by atoms with E-state index in [1.54, 1.807) is 7.11 Å². The van der Waals surface area contributed by atoms with E-state index in [0.717, 1.165) is 73.4 Å². The SMILES string of the molecule is CCOc1ccccc1-c1ccc2cnc(Nc3ccc(N4CCC(N5CCOCC5)CC4)cc3OC)nn12. The summed E-state index contributed by atoms with van der Waals surface area (Å²) in [5.74, 6) is 2.09. The van der Waals surface area contributed by atoms with Crippen LogP contribution >= 0.6 is 0 Å². The Hall–Kier alpha value is -3.82. The van der Waals surface area contributed by atoms with Crippen LogP contribution in [0.1, 0.15) is 19.8 Å². The average Bonchev–Trinajstić information content (AvgIpc) is 3.41. The maximum Gasteiger partial charge on any atom is 0.245 e. The van der Waals surface area contributed by atoms with Gasteiger partial charge < -0.3 is 24.4 Å². The Morgan fingerprint density at radius 1 is 0.974 bits per heavy atom. The van der Waals surface area contributed by atoms with Gasteiger partial charge in [0.1, 0.15) is 11.5 Å². The fourth-order valence-corrected chi connectivity index (χ4v) is 5.65. The number of nitrogens with one attached hydrogen (secondary N) is 1. The normalized spacial score (nSPS) is 16.9. The number of morpholine rings is 1. The molecule has 0 amide bonds. The molecule has 6 rings (SSSR count). The van der Waals surface area contributed by atoms with Gasteiger partial charge in [0.15, 0.2) is 0 Å². The number of ether oxygens (including phenoxy) is 3. The summed E-state index contributed by atoms with van der Waals surface area (Å²) in [6.07, 6.45) is 4.16. The number of aromatic nitrogens is 3. The molecule has 1 N–H and O–H groups in total. The second-order valence-electron chi connectivity index (χ2n) is 9.94. The quantitative estimate of drug-likeness (QED) is 0.348. The highest BCUT2D eigenvalue weighted by Crippen LogP contribution is 2.34. The number of piperidine rings is 1. The fourth-order valence-electron chi connectivity index (χ4n) is 5.65. The van der Waals surface area contributed by atoms with Crippen LogP contribution in [0.3, 0.4) is 0 Å². The Balaban J connectivity index is 1.19. The van der Waals surface area contributed by atoms with Gasteiger partial charge in [-0.05, 0) is 56.2 Å². The van der Waals surface area contributed by atoms with E-state index in [1.807, 2.05) is 54.0 Å². The van der Waals surface area contributed by atoms with E-state index in [4.69, 9.17) is 19.3 Å². The molecule has 2 aliphatic rings. The molecule has 0 radical (unpaired) electrons. The van der Waals surface area contributed by atoms with Gasteiger partial charge in [-0.3, -0.25) is 4.90 Å². The van der Waals surface area contributed by atoms with E-state index < -0.39 is 0 Å².